The number of nitrogens with zero attached hydrogens (tertiary/aromatic N) is 1. The Morgan fingerprint density at radius 3 is 2.47 bits per heavy atom. The third-order valence-electron chi connectivity index (χ3n) is 2.30. The van der Waals surface area contributed by atoms with Crippen molar-refractivity contribution in [1.29, 1.82) is 0 Å². The summed E-state index contributed by atoms with van der Waals surface area (Å²) in [6.45, 7) is 0. The van der Waals surface area contributed by atoms with Gasteiger partial charge in [-0.2, -0.15) is 4.39 Å². The lowest BCUT2D eigenvalue weighted by Crippen LogP contribution is -2.13. The van der Waals surface area contributed by atoms with E-state index in [0.29, 0.717) is 0 Å². The Morgan fingerprint density at radius 2 is 1.89 bits per heavy atom. The van der Waals surface area contributed by atoms with Crippen molar-refractivity contribution in [2.45, 2.75) is 0 Å². The summed E-state index contributed by atoms with van der Waals surface area (Å²) in [5, 5.41) is 2.77. The SMILES string of the molecule is Nc1c(Cl)cc(C(=O)Nc2cccc(F)n2)cc1Cl. The molecule has 2 aromatic rings. The molecule has 0 spiro atoms. The number of amides is 1. The van der Waals surface area contributed by atoms with E-state index >= 15 is 0 Å². The third-order valence-corrected chi connectivity index (χ3v) is 2.92. The molecule has 19 heavy (non-hydrogen) atoms. The molecular formula is C12H8Cl2FN3O. The van der Waals surface area contributed by atoms with Crippen LogP contribution in [0.15, 0.2) is 30.3 Å². The van der Waals surface area contributed by atoms with Crippen molar-refractivity contribution >= 4 is 40.6 Å². The van der Waals surface area contributed by atoms with Crippen LogP contribution < -0.4 is 11.1 Å². The van der Waals surface area contributed by atoms with E-state index in [1.54, 1.807) is 0 Å². The molecule has 7 heteroatoms. The molecule has 0 radical (unpaired) electrons. The number of benzene rings is 1. The van der Waals surface area contributed by atoms with Gasteiger partial charge in [-0.3, -0.25) is 4.79 Å². The molecule has 3 N–H and O–H groups in total. The molecule has 0 aliphatic rings. The molecule has 4 nitrogen and oxygen atoms in total. The first-order valence-electron chi connectivity index (χ1n) is 5.16. The second kappa shape index (κ2) is 5.42. The van der Waals surface area contributed by atoms with E-state index in [4.69, 9.17) is 28.9 Å². The van der Waals surface area contributed by atoms with Crippen LogP contribution in [0.5, 0.6) is 0 Å². The second-order valence-electron chi connectivity index (χ2n) is 3.65. The number of halogens is 3. The fourth-order valence-corrected chi connectivity index (χ4v) is 1.87. The fourth-order valence-electron chi connectivity index (χ4n) is 1.38. The number of anilines is 2. The van der Waals surface area contributed by atoms with E-state index in [1.807, 2.05) is 0 Å². The van der Waals surface area contributed by atoms with Gasteiger partial charge in [0.25, 0.3) is 5.91 Å². The van der Waals surface area contributed by atoms with Gasteiger partial charge in [0.05, 0.1) is 15.7 Å². The van der Waals surface area contributed by atoms with Crippen molar-refractivity contribution in [2.75, 3.05) is 11.1 Å². The van der Waals surface area contributed by atoms with Crippen molar-refractivity contribution in [3.8, 4) is 0 Å². The first kappa shape index (κ1) is 13.6. The fraction of sp³-hybridized carbons (Fsp3) is 0. The Hall–Kier alpha value is -1.85. The summed E-state index contributed by atoms with van der Waals surface area (Å²) in [4.78, 5) is 15.4. The Balaban J connectivity index is 2.25. The molecule has 2 rings (SSSR count). The molecule has 0 unspecified atom stereocenters. The highest BCUT2D eigenvalue weighted by Gasteiger charge is 2.12. The lowest BCUT2D eigenvalue weighted by atomic mass is 10.2. The summed E-state index contributed by atoms with van der Waals surface area (Å²) >= 11 is 11.7. The summed E-state index contributed by atoms with van der Waals surface area (Å²) in [6.07, 6.45) is 0. The van der Waals surface area contributed by atoms with E-state index in [-0.39, 0.29) is 27.1 Å². The average molecular weight is 300 g/mol. The number of nitrogen functional groups attached to an aromatic ring is 1. The quantitative estimate of drug-likeness (QED) is 0.660. The van der Waals surface area contributed by atoms with Crippen LogP contribution in [0.25, 0.3) is 0 Å². The number of aromatic nitrogens is 1. The monoisotopic (exact) mass is 299 g/mol. The smallest absolute Gasteiger partial charge is 0.256 e. The van der Waals surface area contributed by atoms with Gasteiger partial charge in [-0.1, -0.05) is 29.3 Å². The normalized spacial score (nSPS) is 10.3. The van der Waals surface area contributed by atoms with Gasteiger partial charge in [0.1, 0.15) is 5.82 Å². The molecule has 1 heterocycles. The molecule has 0 aliphatic heterocycles. The maximum atomic E-state index is 12.9. The van der Waals surface area contributed by atoms with Gasteiger partial charge >= 0.3 is 0 Å². The summed E-state index contributed by atoms with van der Waals surface area (Å²) in [6, 6.07) is 6.81. The molecule has 1 aromatic heterocycles. The minimum absolute atomic E-state index is 0.0917. The van der Waals surface area contributed by atoms with Crippen LogP contribution in [-0.2, 0) is 0 Å². The van der Waals surface area contributed by atoms with Crippen LogP contribution in [0.4, 0.5) is 15.9 Å². The number of nitrogens with two attached hydrogens (primary N) is 1. The number of carbonyl (C=O) groups excluding carboxylic acids is 1. The summed E-state index contributed by atoms with van der Waals surface area (Å²) < 4.78 is 12.9. The average Bonchev–Trinajstić information content (AvgIpc) is 2.35. The minimum atomic E-state index is -0.689. The van der Waals surface area contributed by atoms with Gasteiger partial charge < -0.3 is 11.1 Å². The lowest BCUT2D eigenvalue weighted by Gasteiger charge is -2.07. The summed E-state index contributed by atoms with van der Waals surface area (Å²) in [5.74, 6) is -1.11. The molecule has 98 valence electrons. The van der Waals surface area contributed by atoms with Crippen molar-refractivity contribution in [3.05, 3.63) is 51.9 Å². The maximum absolute atomic E-state index is 12.9. The first-order valence-corrected chi connectivity index (χ1v) is 5.91. The van der Waals surface area contributed by atoms with Crippen LogP contribution in [0.3, 0.4) is 0 Å². The zero-order chi connectivity index (χ0) is 14.0. The van der Waals surface area contributed by atoms with Crippen molar-refractivity contribution in [2.24, 2.45) is 0 Å². The highest BCUT2D eigenvalue weighted by Crippen LogP contribution is 2.29. The molecular weight excluding hydrogens is 292 g/mol. The van der Waals surface area contributed by atoms with Crippen LogP contribution >= 0.6 is 23.2 Å². The van der Waals surface area contributed by atoms with Crippen LogP contribution in [-0.4, -0.2) is 10.9 Å². The van der Waals surface area contributed by atoms with Crippen LogP contribution in [0, 0.1) is 5.95 Å². The number of pyridine rings is 1. The zero-order valence-corrected chi connectivity index (χ0v) is 11.0. The van der Waals surface area contributed by atoms with Crippen LogP contribution in [0.1, 0.15) is 10.4 Å². The summed E-state index contributed by atoms with van der Waals surface area (Å²) in [5.41, 5.74) is 5.97. The molecule has 0 aliphatic carbocycles. The molecule has 0 saturated carbocycles. The second-order valence-corrected chi connectivity index (χ2v) is 4.47. The number of rotatable bonds is 2. The van der Waals surface area contributed by atoms with E-state index in [9.17, 15) is 9.18 Å². The standard InChI is InChI=1S/C12H8Cl2FN3O/c13-7-4-6(5-8(14)11(7)16)12(19)18-10-3-1-2-9(15)17-10/h1-5H,16H2,(H,17,18,19). The molecule has 0 bridgehead atoms. The van der Waals surface area contributed by atoms with Gasteiger partial charge in [0, 0.05) is 5.56 Å². The number of nitrogens with one attached hydrogen (secondary N) is 1. The van der Waals surface area contributed by atoms with Gasteiger partial charge in [-0.05, 0) is 24.3 Å². The lowest BCUT2D eigenvalue weighted by molar-refractivity contribution is 0.102. The molecule has 0 fully saturated rings. The van der Waals surface area contributed by atoms with Gasteiger partial charge in [-0.15, -0.1) is 0 Å². The molecule has 0 saturated heterocycles. The summed E-state index contributed by atoms with van der Waals surface area (Å²) in [7, 11) is 0. The van der Waals surface area contributed by atoms with Crippen LogP contribution in [0.2, 0.25) is 10.0 Å². The number of carbonyl (C=O) groups is 1. The van der Waals surface area contributed by atoms with E-state index in [1.165, 1.54) is 30.3 Å². The third kappa shape index (κ3) is 3.13. The zero-order valence-electron chi connectivity index (χ0n) is 9.45. The van der Waals surface area contributed by atoms with E-state index < -0.39 is 11.9 Å². The maximum Gasteiger partial charge on any atom is 0.256 e. The predicted octanol–water partition coefficient (Wildman–Crippen LogP) is 3.36. The van der Waals surface area contributed by atoms with Gasteiger partial charge in [0.15, 0.2) is 0 Å². The Labute approximate surface area is 118 Å². The van der Waals surface area contributed by atoms with Crippen molar-refractivity contribution in [1.82, 2.24) is 4.98 Å². The Kier molecular flexibility index (Phi) is 3.87. The Bertz CT molecular complexity index is 626. The first-order chi connectivity index (χ1) is 8.97. The predicted molar refractivity (Wildman–Crippen MR) is 73.0 cm³/mol. The molecule has 1 aromatic carbocycles. The number of hydrogen-bond acceptors (Lipinski definition) is 3. The van der Waals surface area contributed by atoms with E-state index in [2.05, 4.69) is 10.3 Å². The highest BCUT2D eigenvalue weighted by molar-refractivity contribution is 6.39. The highest BCUT2D eigenvalue weighted by atomic mass is 35.5. The largest absolute Gasteiger partial charge is 0.396 e. The van der Waals surface area contributed by atoms with Crippen molar-refractivity contribution in [3.63, 3.8) is 0 Å². The molecule has 0 atom stereocenters. The van der Waals surface area contributed by atoms with Gasteiger partial charge in [-0.25, -0.2) is 4.98 Å². The van der Waals surface area contributed by atoms with Gasteiger partial charge in [0.2, 0.25) is 5.95 Å². The molecule has 1 amide bonds. The van der Waals surface area contributed by atoms with Crippen molar-refractivity contribution < 1.29 is 9.18 Å². The number of hydrogen-bond donors (Lipinski definition) is 2. The topological polar surface area (TPSA) is 68.0 Å². The van der Waals surface area contributed by atoms with E-state index in [0.717, 1.165) is 0 Å². The minimum Gasteiger partial charge on any atom is -0.396 e. The Morgan fingerprint density at radius 1 is 1.26 bits per heavy atom.